The van der Waals surface area contributed by atoms with E-state index in [1.165, 1.54) is 0 Å². The molecule has 0 saturated heterocycles. The van der Waals surface area contributed by atoms with Gasteiger partial charge in [-0.15, -0.1) is 6.58 Å². The van der Waals surface area contributed by atoms with Gasteiger partial charge in [-0.25, -0.2) is 0 Å². The summed E-state index contributed by atoms with van der Waals surface area (Å²) in [6, 6.07) is 0. The highest BCUT2D eigenvalue weighted by Crippen LogP contribution is 1.68. The van der Waals surface area contributed by atoms with E-state index in [1.807, 2.05) is 0 Å². The summed E-state index contributed by atoms with van der Waals surface area (Å²) in [4.78, 5) is 0. The molecule has 0 spiro atoms. The minimum atomic E-state index is 0.149. The molecule has 0 saturated carbocycles. The SMILES string of the molecule is C=CCNCCN(O)O. The molecule has 0 unspecified atom stereocenters. The summed E-state index contributed by atoms with van der Waals surface area (Å²) < 4.78 is 0. The molecule has 0 aliphatic carbocycles. The van der Waals surface area contributed by atoms with Gasteiger partial charge in [0.2, 0.25) is 0 Å². The smallest absolute Gasteiger partial charge is 0.0637 e. The van der Waals surface area contributed by atoms with Crippen LogP contribution in [0.15, 0.2) is 12.7 Å². The van der Waals surface area contributed by atoms with Gasteiger partial charge in [0.25, 0.3) is 0 Å². The van der Waals surface area contributed by atoms with Crippen LogP contribution in [-0.2, 0) is 0 Å². The summed E-state index contributed by atoms with van der Waals surface area (Å²) in [6.07, 6.45) is 1.71. The van der Waals surface area contributed by atoms with E-state index < -0.39 is 0 Å². The van der Waals surface area contributed by atoms with Crippen molar-refractivity contribution < 1.29 is 10.4 Å². The largest absolute Gasteiger partial charge is 0.312 e. The van der Waals surface area contributed by atoms with E-state index in [0.29, 0.717) is 13.1 Å². The van der Waals surface area contributed by atoms with Crippen molar-refractivity contribution in [2.24, 2.45) is 0 Å². The highest BCUT2D eigenvalue weighted by molar-refractivity contribution is 4.69. The standard InChI is InChI=1S/C5H12N2O2/c1-2-3-6-4-5-7(8)9/h2,6,8-9H,1,3-5H2. The van der Waals surface area contributed by atoms with Crippen molar-refractivity contribution >= 4 is 0 Å². The number of rotatable bonds is 5. The lowest BCUT2D eigenvalue weighted by Gasteiger charge is -2.04. The van der Waals surface area contributed by atoms with E-state index in [2.05, 4.69) is 11.9 Å². The van der Waals surface area contributed by atoms with Crippen LogP contribution in [0.3, 0.4) is 0 Å². The van der Waals surface area contributed by atoms with Gasteiger partial charge < -0.3 is 5.32 Å². The first-order valence-corrected chi connectivity index (χ1v) is 2.74. The lowest BCUT2D eigenvalue weighted by Crippen LogP contribution is -2.27. The highest BCUT2D eigenvalue weighted by Gasteiger charge is 1.89. The Labute approximate surface area is 54.3 Å². The number of hydroxylamine groups is 2. The Kier molecular flexibility index (Phi) is 5.45. The number of hydrogen-bond donors (Lipinski definition) is 3. The molecule has 0 aliphatic heterocycles. The van der Waals surface area contributed by atoms with Crippen molar-refractivity contribution in [3.8, 4) is 0 Å². The summed E-state index contributed by atoms with van der Waals surface area (Å²) in [5.41, 5.74) is 0. The van der Waals surface area contributed by atoms with Gasteiger partial charge in [0.15, 0.2) is 0 Å². The molecule has 0 aromatic rings. The third-order valence-corrected chi connectivity index (χ3v) is 0.777. The van der Waals surface area contributed by atoms with Crippen molar-refractivity contribution in [3.63, 3.8) is 0 Å². The van der Waals surface area contributed by atoms with Crippen LogP contribution in [0, 0.1) is 0 Å². The van der Waals surface area contributed by atoms with Crippen LogP contribution in [0.5, 0.6) is 0 Å². The minimum Gasteiger partial charge on any atom is -0.312 e. The molecule has 0 atom stereocenters. The molecule has 0 aromatic carbocycles. The van der Waals surface area contributed by atoms with Gasteiger partial charge in [-0.1, -0.05) is 11.3 Å². The van der Waals surface area contributed by atoms with Gasteiger partial charge in [-0.2, -0.15) is 0 Å². The Morgan fingerprint density at radius 2 is 2.22 bits per heavy atom. The van der Waals surface area contributed by atoms with Gasteiger partial charge in [-0.3, -0.25) is 10.4 Å². The number of hydrogen-bond acceptors (Lipinski definition) is 4. The van der Waals surface area contributed by atoms with E-state index in [4.69, 9.17) is 10.4 Å². The predicted octanol–water partition coefficient (Wildman–Crippen LogP) is -0.158. The first-order chi connectivity index (χ1) is 4.27. The van der Waals surface area contributed by atoms with Crippen LogP contribution >= 0.6 is 0 Å². The first-order valence-electron chi connectivity index (χ1n) is 2.74. The van der Waals surface area contributed by atoms with Crippen LogP contribution in [0.2, 0.25) is 0 Å². The second-order valence-corrected chi connectivity index (χ2v) is 1.59. The summed E-state index contributed by atoms with van der Waals surface area (Å²) in [7, 11) is 0. The Bertz CT molecular complexity index is 75.4. The summed E-state index contributed by atoms with van der Waals surface area (Å²) in [5, 5.41) is 19.4. The Balaban J connectivity index is 2.82. The quantitative estimate of drug-likeness (QED) is 0.276. The molecule has 0 amide bonds. The molecular formula is C5H12N2O2. The van der Waals surface area contributed by atoms with Gasteiger partial charge in [0.05, 0.1) is 6.54 Å². The van der Waals surface area contributed by atoms with Crippen molar-refractivity contribution in [1.82, 2.24) is 10.5 Å². The Morgan fingerprint density at radius 3 is 2.67 bits per heavy atom. The molecule has 9 heavy (non-hydrogen) atoms. The lowest BCUT2D eigenvalue weighted by molar-refractivity contribution is -0.305. The number of nitrogens with zero attached hydrogens (tertiary/aromatic N) is 1. The highest BCUT2D eigenvalue weighted by atomic mass is 16.8. The third-order valence-electron chi connectivity index (χ3n) is 0.777. The average Bonchev–Trinajstić information content (AvgIpc) is 1.80. The van der Waals surface area contributed by atoms with Crippen LogP contribution < -0.4 is 5.32 Å². The molecule has 3 N–H and O–H groups in total. The molecule has 0 rings (SSSR count). The fraction of sp³-hybridized carbons (Fsp3) is 0.600. The lowest BCUT2D eigenvalue weighted by atomic mass is 10.5. The maximum Gasteiger partial charge on any atom is 0.0637 e. The van der Waals surface area contributed by atoms with Crippen molar-refractivity contribution in [2.75, 3.05) is 19.6 Å². The topological polar surface area (TPSA) is 55.7 Å². The molecule has 4 heteroatoms. The zero-order chi connectivity index (χ0) is 7.11. The normalized spacial score (nSPS) is 10.1. The maximum absolute atomic E-state index is 8.17. The summed E-state index contributed by atoms with van der Waals surface area (Å²) in [6.45, 7) is 4.91. The molecule has 0 aliphatic rings. The molecular weight excluding hydrogens is 120 g/mol. The molecule has 0 fully saturated rings. The summed E-state index contributed by atoms with van der Waals surface area (Å²) >= 11 is 0. The average molecular weight is 132 g/mol. The second kappa shape index (κ2) is 5.71. The van der Waals surface area contributed by atoms with Crippen molar-refractivity contribution in [3.05, 3.63) is 12.7 Å². The van der Waals surface area contributed by atoms with E-state index in [1.54, 1.807) is 6.08 Å². The van der Waals surface area contributed by atoms with Crippen LogP contribution in [0.25, 0.3) is 0 Å². The van der Waals surface area contributed by atoms with E-state index in [-0.39, 0.29) is 11.8 Å². The minimum absolute atomic E-state index is 0.149. The van der Waals surface area contributed by atoms with Crippen molar-refractivity contribution in [2.45, 2.75) is 0 Å². The predicted molar refractivity (Wildman–Crippen MR) is 33.3 cm³/mol. The zero-order valence-corrected chi connectivity index (χ0v) is 5.25. The molecule has 0 bridgehead atoms. The first kappa shape index (κ1) is 8.58. The van der Waals surface area contributed by atoms with E-state index >= 15 is 0 Å². The van der Waals surface area contributed by atoms with Gasteiger partial charge in [0, 0.05) is 13.1 Å². The van der Waals surface area contributed by atoms with Gasteiger partial charge >= 0.3 is 0 Å². The summed E-state index contributed by atoms with van der Waals surface area (Å²) in [5.74, 6) is 0. The number of nitrogens with one attached hydrogen (secondary N) is 1. The van der Waals surface area contributed by atoms with Gasteiger partial charge in [0.1, 0.15) is 0 Å². The monoisotopic (exact) mass is 132 g/mol. The maximum atomic E-state index is 8.17. The fourth-order valence-corrected chi connectivity index (χ4v) is 0.383. The van der Waals surface area contributed by atoms with Crippen LogP contribution in [-0.4, -0.2) is 35.3 Å². The van der Waals surface area contributed by atoms with Gasteiger partial charge in [-0.05, 0) is 0 Å². The third kappa shape index (κ3) is 7.58. The molecule has 0 heterocycles. The Hall–Kier alpha value is -0.420. The van der Waals surface area contributed by atoms with Crippen LogP contribution in [0.4, 0.5) is 0 Å². The second-order valence-electron chi connectivity index (χ2n) is 1.59. The van der Waals surface area contributed by atoms with Crippen LogP contribution in [0.1, 0.15) is 0 Å². The molecule has 4 nitrogen and oxygen atoms in total. The zero-order valence-electron chi connectivity index (χ0n) is 5.25. The Morgan fingerprint density at radius 1 is 1.56 bits per heavy atom. The van der Waals surface area contributed by atoms with E-state index in [9.17, 15) is 0 Å². The molecule has 54 valence electrons. The molecule has 0 radical (unpaired) electrons. The molecule has 0 aromatic heterocycles. The fourth-order valence-electron chi connectivity index (χ4n) is 0.383. The van der Waals surface area contributed by atoms with E-state index in [0.717, 1.165) is 0 Å². The van der Waals surface area contributed by atoms with Crippen molar-refractivity contribution in [1.29, 1.82) is 0 Å².